The minimum Gasteiger partial charge on any atom is -0.497 e. The summed E-state index contributed by atoms with van der Waals surface area (Å²) in [6, 6.07) is 17.0. The zero-order valence-corrected chi connectivity index (χ0v) is 25.6. The fourth-order valence-corrected chi connectivity index (χ4v) is 7.63. The number of nitrogens with one attached hydrogen (secondary N) is 1. The van der Waals surface area contributed by atoms with Crippen LogP contribution in [0, 0.1) is 16.7 Å². The van der Waals surface area contributed by atoms with E-state index in [2.05, 4.69) is 11.4 Å². The lowest BCUT2D eigenvalue weighted by Gasteiger charge is -2.41. The van der Waals surface area contributed by atoms with Crippen LogP contribution in [-0.4, -0.2) is 75.6 Å². The number of alkyl carbamates (subject to hydrolysis) is 1. The zero-order chi connectivity index (χ0) is 30.7. The van der Waals surface area contributed by atoms with Gasteiger partial charge in [0.1, 0.15) is 11.9 Å². The highest BCUT2D eigenvalue weighted by Gasteiger charge is 2.39. The van der Waals surface area contributed by atoms with Gasteiger partial charge in [0.2, 0.25) is 10.0 Å². The number of amides is 1. The Bertz CT molecular complexity index is 1300. The van der Waals surface area contributed by atoms with E-state index in [9.17, 15) is 23.6 Å². The summed E-state index contributed by atoms with van der Waals surface area (Å²) in [6.07, 6.45) is 4.07. The maximum absolute atomic E-state index is 14.2. The van der Waals surface area contributed by atoms with Gasteiger partial charge in [-0.25, -0.2) is 13.2 Å². The molecule has 2 N–H and O–H groups in total. The maximum atomic E-state index is 14.2. The van der Waals surface area contributed by atoms with E-state index < -0.39 is 28.3 Å². The van der Waals surface area contributed by atoms with Crippen molar-refractivity contribution >= 4 is 16.1 Å². The number of hydrogen-bond donors (Lipinski definition) is 2. The van der Waals surface area contributed by atoms with Crippen LogP contribution in [0.3, 0.4) is 0 Å². The van der Waals surface area contributed by atoms with Crippen LogP contribution in [0.5, 0.6) is 5.75 Å². The second-order valence-corrected chi connectivity index (χ2v) is 13.5. The fourth-order valence-electron chi connectivity index (χ4n) is 6.06. The average molecular weight is 614 g/mol. The van der Waals surface area contributed by atoms with Gasteiger partial charge >= 0.3 is 6.09 Å². The molecule has 234 valence electrons. The second-order valence-electron chi connectivity index (χ2n) is 11.6. The molecule has 2 unspecified atom stereocenters. The molecule has 1 saturated carbocycles. The van der Waals surface area contributed by atoms with E-state index in [0.29, 0.717) is 38.2 Å². The van der Waals surface area contributed by atoms with E-state index in [1.807, 2.05) is 30.3 Å². The van der Waals surface area contributed by atoms with Crippen LogP contribution in [0.2, 0.25) is 0 Å². The average Bonchev–Trinajstić information content (AvgIpc) is 3.53. The van der Waals surface area contributed by atoms with Crippen LogP contribution >= 0.6 is 0 Å². The van der Waals surface area contributed by atoms with Gasteiger partial charge in [-0.1, -0.05) is 49.6 Å². The molecule has 0 spiro atoms. The number of hydrogen-bond acceptors (Lipinski definition) is 8. The molecule has 2 aliphatic rings. The van der Waals surface area contributed by atoms with Crippen molar-refractivity contribution in [2.24, 2.45) is 5.41 Å². The van der Waals surface area contributed by atoms with Gasteiger partial charge in [0, 0.05) is 25.9 Å². The molecular weight excluding hydrogens is 570 g/mol. The molecule has 0 bridgehead atoms. The Labute approximate surface area is 255 Å². The third kappa shape index (κ3) is 9.16. The lowest BCUT2D eigenvalue weighted by molar-refractivity contribution is 0.0577. The van der Waals surface area contributed by atoms with E-state index in [4.69, 9.17) is 14.2 Å². The molecule has 2 fully saturated rings. The van der Waals surface area contributed by atoms with Crippen LogP contribution in [0.4, 0.5) is 4.79 Å². The van der Waals surface area contributed by atoms with Gasteiger partial charge in [-0.05, 0) is 60.9 Å². The number of rotatable bonds is 14. The summed E-state index contributed by atoms with van der Waals surface area (Å²) in [7, 11) is -2.55. The Morgan fingerprint density at radius 2 is 1.88 bits per heavy atom. The molecule has 0 radical (unpaired) electrons. The summed E-state index contributed by atoms with van der Waals surface area (Å²) in [5.74, 6) is 0.529. The van der Waals surface area contributed by atoms with Crippen molar-refractivity contribution in [2.45, 2.75) is 80.9 Å². The third-order valence-electron chi connectivity index (χ3n) is 8.51. The first-order chi connectivity index (χ1) is 20.7. The third-order valence-corrected chi connectivity index (χ3v) is 10.3. The van der Waals surface area contributed by atoms with Crippen molar-refractivity contribution in [3.05, 3.63) is 60.2 Å². The van der Waals surface area contributed by atoms with Gasteiger partial charge < -0.3 is 24.6 Å². The number of nitriles is 1. The highest BCUT2D eigenvalue weighted by Crippen LogP contribution is 2.42. The van der Waals surface area contributed by atoms with Gasteiger partial charge in [0.25, 0.3) is 0 Å². The van der Waals surface area contributed by atoms with Crippen molar-refractivity contribution < 1.29 is 32.5 Å². The van der Waals surface area contributed by atoms with Crippen molar-refractivity contribution in [1.29, 1.82) is 5.26 Å². The quantitative estimate of drug-likeness (QED) is 0.319. The molecular formula is C32H43N3O7S. The lowest BCUT2D eigenvalue weighted by atomic mass is 9.71. The SMILES string of the molecule is COc1ccc(S(=O)(=O)N(CC(O)[C@H](Cc2ccccc2)NC(=O)OC2CCOC2)CC2(CCC#N)CCCCC2)cc1. The Morgan fingerprint density at radius 1 is 1.16 bits per heavy atom. The predicted molar refractivity (Wildman–Crippen MR) is 161 cm³/mol. The highest BCUT2D eigenvalue weighted by atomic mass is 32.2. The van der Waals surface area contributed by atoms with Crippen molar-refractivity contribution in [1.82, 2.24) is 9.62 Å². The summed E-state index contributed by atoms with van der Waals surface area (Å²) >= 11 is 0. The van der Waals surface area contributed by atoms with Crippen molar-refractivity contribution in [3.8, 4) is 11.8 Å². The van der Waals surface area contributed by atoms with Crippen LogP contribution in [0.15, 0.2) is 59.5 Å². The van der Waals surface area contributed by atoms with Crippen molar-refractivity contribution in [3.63, 3.8) is 0 Å². The van der Waals surface area contributed by atoms with Crippen LogP contribution < -0.4 is 10.1 Å². The Balaban J connectivity index is 1.62. The molecule has 0 aromatic heterocycles. The first-order valence-corrected chi connectivity index (χ1v) is 16.5. The predicted octanol–water partition coefficient (Wildman–Crippen LogP) is 4.43. The molecule has 2 aromatic carbocycles. The molecule has 3 atom stereocenters. The summed E-state index contributed by atoms with van der Waals surface area (Å²) in [6.45, 7) is 0.757. The van der Waals surface area contributed by atoms with Gasteiger partial charge in [-0.3, -0.25) is 0 Å². The summed E-state index contributed by atoms with van der Waals surface area (Å²) in [5.41, 5.74) is 0.496. The molecule has 10 nitrogen and oxygen atoms in total. The second kappa shape index (κ2) is 15.5. The number of aliphatic hydroxyl groups is 1. The Kier molecular flexibility index (Phi) is 11.8. The first kappa shape index (κ1) is 32.7. The molecule has 4 rings (SSSR count). The normalized spacial score (nSPS) is 19.7. The Morgan fingerprint density at radius 3 is 2.51 bits per heavy atom. The minimum atomic E-state index is -4.06. The van der Waals surface area contributed by atoms with E-state index in [0.717, 1.165) is 37.7 Å². The van der Waals surface area contributed by atoms with Gasteiger partial charge in [0.15, 0.2) is 0 Å². The number of carbonyl (C=O) groups is 1. The number of ether oxygens (including phenoxy) is 3. The molecule has 1 saturated heterocycles. The van der Waals surface area contributed by atoms with Crippen LogP contribution in [-0.2, 0) is 25.9 Å². The molecule has 1 amide bonds. The number of nitrogens with zero attached hydrogens (tertiary/aromatic N) is 2. The van der Waals surface area contributed by atoms with Gasteiger partial charge in [-0.15, -0.1) is 0 Å². The highest BCUT2D eigenvalue weighted by molar-refractivity contribution is 7.89. The monoisotopic (exact) mass is 613 g/mol. The number of carbonyl (C=O) groups excluding carboxylic acids is 1. The van der Waals surface area contributed by atoms with E-state index in [1.54, 1.807) is 12.1 Å². The summed E-state index contributed by atoms with van der Waals surface area (Å²) < 4.78 is 45.7. The van der Waals surface area contributed by atoms with Gasteiger partial charge in [0.05, 0.1) is 43.4 Å². The molecule has 43 heavy (non-hydrogen) atoms. The summed E-state index contributed by atoms with van der Waals surface area (Å²) in [4.78, 5) is 13.0. The number of methoxy groups -OCH3 is 1. The Hall–Kier alpha value is -3.17. The first-order valence-electron chi connectivity index (χ1n) is 15.0. The molecule has 1 aliphatic heterocycles. The smallest absolute Gasteiger partial charge is 0.407 e. The number of benzene rings is 2. The minimum absolute atomic E-state index is 0.0833. The van der Waals surface area contributed by atoms with Crippen molar-refractivity contribution in [2.75, 3.05) is 33.4 Å². The molecule has 1 aliphatic carbocycles. The van der Waals surface area contributed by atoms with E-state index >= 15 is 0 Å². The number of sulfonamides is 1. The van der Waals surface area contributed by atoms with E-state index in [1.165, 1.54) is 23.5 Å². The topological polar surface area (TPSA) is 138 Å². The molecule has 1 heterocycles. The van der Waals surface area contributed by atoms with Crippen LogP contribution in [0.25, 0.3) is 0 Å². The van der Waals surface area contributed by atoms with Crippen LogP contribution in [0.1, 0.15) is 56.9 Å². The zero-order valence-electron chi connectivity index (χ0n) is 24.8. The maximum Gasteiger partial charge on any atom is 0.407 e. The largest absolute Gasteiger partial charge is 0.497 e. The number of aliphatic hydroxyl groups excluding tert-OH is 1. The summed E-state index contributed by atoms with van der Waals surface area (Å²) in [5, 5.41) is 23.8. The fraction of sp³-hybridized carbons (Fsp3) is 0.562. The molecule has 11 heteroatoms. The van der Waals surface area contributed by atoms with Gasteiger partial charge in [-0.2, -0.15) is 9.57 Å². The van der Waals surface area contributed by atoms with E-state index in [-0.39, 0.29) is 35.9 Å². The molecule has 2 aromatic rings. The standard InChI is InChI=1S/C32H43N3O7S/c1-40-26-11-13-28(14-12-26)43(38,39)35(24-32(18-8-19-33)16-6-3-7-17-32)22-30(36)29(21-25-9-4-2-5-10-25)34-31(37)42-27-15-20-41-23-27/h2,4-5,9-14,27,29-30,36H,3,6-8,15-18,20-24H2,1H3,(H,34,37)/t27?,29-,30?/m0/s1. The lowest BCUT2D eigenvalue weighted by Crippen LogP contribution is -2.53.